The Balaban J connectivity index is 0.00000312. The zero-order chi connectivity index (χ0) is 18.0. The van der Waals surface area contributed by atoms with Gasteiger partial charge < -0.3 is 20.5 Å². The molecule has 0 bridgehead atoms. The summed E-state index contributed by atoms with van der Waals surface area (Å²) < 4.78 is 11.5. The second kappa shape index (κ2) is 8.39. The van der Waals surface area contributed by atoms with Gasteiger partial charge in [-0.1, -0.05) is 32.0 Å². The summed E-state index contributed by atoms with van der Waals surface area (Å²) >= 11 is 0. The third-order valence-corrected chi connectivity index (χ3v) is 5.28. The van der Waals surface area contributed by atoms with Crippen molar-refractivity contribution in [1.29, 1.82) is 0 Å². The number of ether oxygens (including phenoxy) is 2. The van der Waals surface area contributed by atoms with E-state index in [1.165, 1.54) is 0 Å². The van der Waals surface area contributed by atoms with Crippen LogP contribution < -0.4 is 15.8 Å². The maximum absolute atomic E-state index is 12.5. The van der Waals surface area contributed by atoms with Crippen molar-refractivity contribution >= 4 is 18.3 Å². The van der Waals surface area contributed by atoms with Crippen LogP contribution in [0.2, 0.25) is 0 Å². The van der Waals surface area contributed by atoms with Gasteiger partial charge in [-0.2, -0.15) is 0 Å². The zero-order valence-corrected chi connectivity index (χ0v) is 16.7. The predicted molar refractivity (Wildman–Crippen MR) is 102 cm³/mol. The summed E-state index contributed by atoms with van der Waals surface area (Å²) in [5, 5.41) is 2.91. The molecule has 1 saturated carbocycles. The van der Waals surface area contributed by atoms with Crippen molar-refractivity contribution in [2.24, 2.45) is 11.1 Å². The van der Waals surface area contributed by atoms with E-state index in [-0.39, 0.29) is 29.8 Å². The number of para-hydroxylation sites is 1. The van der Waals surface area contributed by atoms with Crippen molar-refractivity contribution in [2.75, 3.05) is 19.8 Å². The Labute approximate surface area is 157 Å². The third-order valence-electron chi connectivity index (χ3n) is 5.28. The van der Waals surface area contributed by atoms with E-state index >= 15 is 0 Å². The molecule has 2 rings (SSSR count). The van der Waals surface area contributed by atoms with Gasteiger partial charge in [0.1, 0.15) is 17.9 Å². The molecule has 1 aromatic rings. The van der Waals surface area contributed by atoms with Gasteiger partial charge in [-0.15, -0.1) is 12.4 Å². The number of nitrogens with one attached hydrogen (secondary N) is 1. The summed E-state index contributed by atoms with van der Waals surface area (Å²) in [4.78, 5) is 12.5. The van der Waals surface area contributed by atoms with Crippen molar-refractivity contribution in [1.82, 2.24) is 5.32 Å². The number of hydrogen-bond acceptors (Lipinski definition) is 4. The van der Waals surface area contributed by atoms with Crippen molar-refractivity contribution in [2.45, 2.75) is 52.7 Å². The fourth-order valence-corrected chi connectivity index (χ4v) is 3.32. The average Bonchev–Trinajstić information content (AvgIpc) is 2.53. The first kappa shape index (κ1) is 21.7. The normalized spacial score (nSPS) is 24.0. The molecule has 1 amide bonds. The maximum Gasteiger partial charge on any atom is 0.240 e. The molecular weight excluding hydrogens is 340 g/mol. The Bertz CT molecular complexity index is 586. The molecule has 25 heavy (non-hydrogen) atoms. The smallest absolute Gasteiger partial charge is 0.240 e. The standard InChI is InChI=1S/C19H30N2O3.ClH/c1-6-23-15-12-19(20,18(15,4)5)17(22)21-10-11-24-16-13(2)8-7-9-14(16)3;/h7-9,15H,6,10-12,20H2,1-5H3,(H,21,22);1H. The minimum Gasteiger partial charge on any atom is -0.491 e. The van der Waals surface area contributed by atoms with E-state index in [1.807, 2.05) is 52.8 Å². The van der Waals surface area contributed by atoms with Gasteiger partial charge in [0.05, 0.1) is 12.6 Å². The van der Waals surface area contributed by atoms with Gasteiger partial charge in [0.15, 0.2) is 0 Å². The lowest BCUT2D eigenvalue weighted by Gasteiger charge is -2.57. The number of hydrogen-bond donors (Lipinski definition) is 2. The lowest BCUT2D eigenvalue weighted by Crippen LogP contribution is -2.75. The molecule has 5 nitrogen and oxygen atoms in total. The number of benzene rings is 1. The number of halogens is 1. The van der Waals surface area contributed by atoms with Gasteiger partial charge in [-0.25, -0.2) is 0 Å². The highest BCUT2D eigenvalue weighted by atomic mass is 35.5. The lowest BCUT2D eigenvalue weighted by atomic mass is 9.54. The SMILES string of the molecule is CCOC1CC(N)(C(=O)NCCOc2c(C)cccc2C)C1(C)C.Cl. The van der Waals surface area contributed by atoms with Gasteiger partial charge >= 0.3 is 0 Å². The van der Waals surface area contributed by atoms with E-state index < -0.39 is 5.54 Å². The molecule has 1 aromatic carbocycles. The topological polar surface area (TPSA) is 73.6 Å². The molecule has 0 saturated heterocycles. The van der Waals surface area contributed by atoms with E-state index in [9.17, 15) is 4.79 Å². The number of carbonyl (C=O) groups is 1. The van der Waals surface area contributed by atoms with Crippen LogP contribution >= 0.6 is 12.4 Å². The van der Waals surface area contributed by atoms with Crippen LogP contribution in [0.1, 0.15) is 38.3 Å². The summed E-state index contributed by atoms with van der Waals surface area (Å²) in [7, 11) is 0. The first-order valence-electron chi connectivity index (χ1n) is 8.62. The molecule has 0 spiro atoms. The number of nitrogens with two attached hydrogens (primary N) is 1. The minimum atomic E-state index is -0.884. The second-order valence-electron chi connectivity index (χ2n) is 7.17. The van der Waals surface area contributed by atoms with Crippen LogP contribution in [-0.2, 0) is 9.53 Å². The number of amides is 1. The highest BCUT2D eigenvalue weighted by molar-refractivity contribution is 5.88. The lowest BCUT2D eigenvalue weighted by molar-refractivity contribution is -0.170. The van der Waals surface area contributed by atoms with Crippen LogP contribution in [0.15, 0.2) is 18.2 Å². The summed E-state index contributed by atoms with van der Waals surface area (Å²) in [5.74, 6) is 0.753. The summed E-state index contributed by atoms with van der Waals surface area (Å²) in [5.41, 5.74) is 7.28. The quantitative estimate of drug-likeness (QED) is 0.724. The average molecular weight is 371 g/mol. The van der Waals surface area contributed by atoms with Gasteiger partial charge in [-0.3, -0.25) is 4.79 Å². The van der Waals surface area contributed by atoms with Crippen molar-refractivity contribution in [3.8, 4) is 5.75 Å². The van der Waals surface area contributed by atoms with Gasteiger partial charge in [0, 0.05) is 18.4 Å². The van der Waals surface area contributed by atoms with Crippen LogP contribution in [0.5, 0.6) is 5.75 Å². The van der Waals surface area contributed by atoms with E-state index in [0.717, 1.165) is 16.9 Å². The molecule has 2 unspecified atom stereocenters. The molecule has 0 radical (unpaired) electrons. The Morgan fingerprint density at radius 3 is 2.44 bits per heavy atom. The van der Waals surface area contributed by atoms with E-state index in [2.05, 4.69) is 5.32 Å². The number of rotatable bonds is 7. The van der Waals surface area contributed by atoms with Crippen molar-refractivity contribution < 1.29 is 14.3 Å². The highest BCUT2D eigenvalue weighted by Crippen LogP contribution is 2.49. The fraction of sp³-hybridized carbons (Fsp3) is 0.632. The molecule has 1 aliphatic rings. The van der Waals surface area contributed by atoms with Gasteiger partial charge in [-0.05, 0) is 31.9 Å². The van der Waals surface area contributed by atoms with E-state index in [1.54, 1.807) is 0 Å². The van der Waals surface area contributed by atoms with Crippen LogP contribution in [0.4, 0.5) is 0 Å². The molecule has 0 heterocycles. The highest BCUT2D eigenvalue weighted by Gasteiger charge is 2.62. The Morgan fingerprint density at radius 1 is 1.32 bits per heavy atom. The van der Waals surface area contributed by atoms with Crippen LogP contribution in [0, 0.1) is 19.3 Å². The molecule has 142 valence electrons. The molecule has 1 aliphatic carbocycles. The summed E-state index contributed by atoms with van der Waals surface area (Å²) in [6.45, 7) is 11.4. The predicted octanol–water partition coefficient (Wildman–Crippen LogP) is 2.75. The van der Waals surface area contributed by atoms with E-state index in [4.69, 9.17) is 15.2 Å². The summed E-state index contributed by atoms with van der Waals surface area (Å²) in [6.07, 6.45) is 0.585. The summed E-state index contributed by atoms with van der Waals surface area (Å²) in [6, 6.07) is 6.03. The largest absolute Gasteiger partial charge is 0.491 e. The number of aryl methyl sites for hydroxylation is 2. The Morgan fingerprint density at radius 2 is 1.92 bits per heavy atom. The first-order valence-corrected chi connectivity index (χ1v) is 8.62. The molecular formula is C19H31ClN2O3. The minimum absolute atomic E-state index is 0. The van der Waals surface area contributed by atoms with Crippen LogP contribution in [0.3, 0.4) is 0 Å². The molecule has 0 aromatic heterocycles. The van der Waals surface area contributed by atoms with Gasteiger partial charge in [0.25, 0.3) is 0 Å². The van der Waals surface area contributed by atoms with Crippen molar-refractivity contribution in [3.63, 3.8) is 0 Å². The van der Waals surface area contributed by atoms with Crippen LogP contribution in [0.25, 0.3) is 0 Å². The first-order chi connectivity index (χ1) is 11.2. The maximum atomic E-state index is 12.5. The van der Waals surface area contributed by atoms with Crippen LogP contribution in [-0.4, -0.2) is 37.3 Å². The molecule has 6 heteroatoms. The monoisotopic (exact) mass is 370 g/mol. The van der Waals surface area contributed by atoms with E-state index in [0.29, 0.717) is 26.2 Å². The molecule has 1 fully saturated rings. The third kappa shape index (κ3) is 4.10. The zero-order valence-electron chi connectivity index (χ0n) is 15.8. The Kier molecular flexibility index (Phi) is 7.29. The fourth-order valence-electron chi connectivity index (χ4n) is 3.32. The Hall–Kier alpha value is -1.30. The number of carbonyl (C=O) groups excluding carboxylic acids is 1. The molecule has 3 N–H and O–H groups in total. The van der Waals surface area contributed by atoms with Gasteiger partial charge in [0.2, 0.25) is 5.91 Å². The van der Waals surface area contributed by atoms with Crippen molar-refractivity contribution in [3.05, 3.63) is 29.3 Å². The second-order valence-corrected chi connectivity index (χ2v) is 7.17. The molecule has 2 atom stereocenters. The molecule has 0 aliphatic heterocycles.